The summed E-state index contributed by atoms with van der Waals surface area (Å²) in [6.07, 6.45) is 0.631. The number of rotatable bonds is 5. The summed E-state index contributed by atoms with van der Waals surface area (Å²) in [6.45, 7) is 0.340. The van der Waals surface area contributed by atoms with Gasteiger partial charge in [0.25, 0.3) is 11.6 Å². The van der Waals surface area contributed by atoms with Gasteiger partial charge in [0.15, 0.2) is 0 Å². The van der Waals surface area contributed by atoms with Crippen molar-refractivity contribution in [2.24, 2.45) is 0 Å². The Morgan fingerprint density at radius 1 is 1.40 bits per heavy atom. The molecule has 2 aromatic rings. The fraction of sp³-hybridized carbons (Fsp3) is 0.154. The molecule has 0 aliphatic heterocycles. The van der Waals surface area contributed by atoms with Gasteiger partial charge in [0, 0.05) is 17.5 Å². The molecule has 1 N–H and O–H groups in total. The highest BCUT2D eigenvalue weighted by Gasteiger charge is 2.20. The van der Waals surface area contributed by atoms with Gasteiger partial charge >= 0.3 is 0 Å². The molecule has 0 spiro atoms. The van der Waals surface area contributed by atoms with Crippen LogP contribution in [0.2, 0.25) is 0 Å². The van der Waals surface area contributed by atoms with Gasteiger partial charge in [-0.1, -0.05) is 6.07 Å². The number of nitrogens with one attached hydrogen (secondary N) is 1. The zero-order valence-corrected chi connectivity index (χ0v) is 11.2. The van der Waals surface area contributed by atoms with Crippen molar-refractivity contribution in [2.75, 3.05) is 6.54 Å². The average Bonchev–Trinajstić information content (AvgIpc) is 2.91. The summed E-state index contributed by atoms with van der Waals surface area (Å²) in [5.74, 6) is -1.33. The molecule has 0 unspecified atom stereocenters. The van der Waals surface area contributed by atoms with E-state index in [1.807, 2.05) is 17.5 Å². The van der Waals surface area contributed by atoms with Gasteiger partial charge in [-0.3, -0.25) is 14.9 Å². The average molecular weight is 294 g/mol. The zero-order valence-electron chi connectivity index (χ0n) is 10.3. The summed E-state index contributed by atoms with van der Waals surface area (Å²) >= 11 is 1.56. The van der Waals surface area contributed by atoms with E-state index in [2.05, 4.69) is 5.32 Å². The Kier molecular flexibility index (Phi) is 4.41. The third-order valence-corrected chi connectivity index (χ3v) is 3.57. The van der Waals surface area contributed by atoms with Crippen LogP contribution in [0.4, 0.5) is 10.1 Å². The Hall–Kier alpha value is -2.28. The van der Waals surface area contributed by atoms with Gasteiger partial charge in [-0.25, -0.2) is 4.39 Å². The van der Waals surface area contributed by atoms with Crippen LogP contribution in [0.3, 0.4) is 0 Å². The number of hydrogen-bond donors (Lipinski definition) is 1. The van der Waals surface area contributed by atoms with Crippen molar-refractivity contribution in [2.45, 2.75) is 6.42 Å². The Labute approximate surface area is 118 Å². The highest BCUT2D eigenvalue weighted by atomic mass is 32.1. The van der Waals surface area contributed by atoms with Crippen LogP contribution in [0.1, 0.15) is 15.2 Å². The molecule has 1 aromatic carbocycles. The number of carbonyl (C=O) groups excluding carboxylic acids is 1. The third kappa shape index (κ3) is 3.39. The normalized spacial score (nSPS) is 10.2. The Morgan fingerprint density at radius 3 is 2.85 bits per heavy atom. The minimum atomic E-state index is -0.701. The standard InChI is InChI=1S/C13H11FN2O3S/c14-9-3-4-12(16(18)19)11(8-9)13(17)15-6-5-10-2-1-7-20-10/h1-4,7-8H,5-6H2,(H,15,17). The van der Waals surface area contributed by atoms with E-state index in [1.54, 1.807) is 11.3 Å². The van der Waals surface area contributed by atoms with E-state index in [0.717, 1.165) is 23.1 Å². The second-order valence-corrected chi connectivity index (χ2v) is 5.04. The van der Waals surface area contributed by atoms with E-state index in [4.69, 9.17) is 0 Å². The molecule has 1 aromatic heterocycles. The zero-order chi connectivity index (χ0) is 14.5. The van der Waals surface area contributed by atoms with Crippen LogP contribution in [0, 0.1) is 15.9 Å². The second kappa shape index (κ2) is 6.25. The van der Waals surface area contributed by atoms with Gasteiger partial charge < -0.3 is 5.32 Å². The van der Waals surface area contributed by atoms with Gasteiger partial charge in [-0.2, -0.15) is 0 Å². The van der Waals surface area contributed by atoms with E-state index >= 15 is 0 Å². The summed E-state index contributed by atoms with van der Waals surface area (Å²) < 4.78 is 13.1. The fourth-order valence-corrected chi connectivity index (χ4v) is 2.41. The Bertz CT molecular complexity index is 629. The first-order valence-corrected chi connectivity index (χ1v) is 6.70. The van der Waals surface area contributed by atoms with Crippen molar-refractivity contribution in [1.82, 2.24) is 5.32 Å². The molecule has 0 aliphatic carbocycles. The Morgan fingerprint density at radius 2 is 2.20 bits per heavy atom. The first-order chi connectivity index (χ1) is 9.58. The number of nitrogens with zero attached hydrogens (tertiary/aromatic N) is 1. The SMILES string of the molecule is O=C(NCCc1cccs1)c1cc(F)ccc1[N+](=O)[O-]. The molecular weight excluding hydrogens is 283 g/mol. The maximum atomic E-state index is 13.1. The number of benzene rings is 1. The quantitative estimate of drug-likeness (QED) is 0.680. The van der Waals surface area contributed by atoms with E-state index in [-0.39, 0.29) is 5.56 Å². The predicted octanol–water partition coefficient (Wildman–Crippen LogP) is 2.77. The molecule has 0 saturated heterocycles. The van der Waals surface area contributed by atoms with Crippen molar-refractivity contribution < 1.29 is 14.1 Å². The van der Waals surface area contributed by atoms with E-state index < -0.39 is 22.3 Å². The van der Waals surface area contributed by atoms with Crippen molar-refractivity contribution in [3.8, 4) is 0 Å². The van der Waals surface area contributed by atoms with E-state index in [9.17, 15) is 19.3 Å². The number of nitro groups is 1. The smallest absolute Gasteiger partial charge is 0.282 e. The van der Waals surface area contributed by atoms with Crippen LogP contribution in [-0.4, -0.2) is 17.4 Å². The van der Waals surface area contributed by atoms with Crippen LogP contribution in [-0.2, 0) is 6.42 Å². The summed E-state index contributed by atoms with van der Waals surface area (Å²) in [6, 6.07) is 6.66. The summed E-state index contributed by atoms with van der Waals surface area (Å²) in [5.41, 5.74) is -0.666. The number of amides is 1. The fourth-order valence-electron chi connectivity index (χ4n) is 1.70. The number of halogens is 1. The lowest BCUT2D eigenvalue weighted by molar-refractivity contribution is -0.385. The van der Waals surface area contributed by atoms with Crippen molar-refractivity contribution >= 4 is 22.9 Å². The van der Waals surface area contributed by atoms with Crippen LogP contribution >= 0.6 is 11.3 Å². The number of hydrogen-bond acceptors (Lipinski definition) is 4. The second-order valence-electron chi connectivity index (χ2n) is 4.00. The number of carbonyl (C=O) groups is 1. The molecule has 0 radical (unpaired) electrons. The maximum Gasteiger partial charge on any atom is 0.282 e. The van der Waals surface area contributed by atoms with Gasteiger partial charge in [-0.05, 0) is 30.0 Å². The molecule has 104 valence electrons. The summed E-state index contributed by atoms with van der Waals surface area (Å²) in [7, 11) is 0. The molecular formula is C13H11FN2O3S. The van der Waals surface area contributed by atoms with Crippen LogP contribution in [0.5, 0.6) is 0 Å². The lowest BCUT2D eigenvalue weighted by Gasteiger charge is -2.05. The van der Waals surface area contributed by atoms with Gasteiger partial charge in [0.1, 0.15) is 11.4 Å². The lowest BCUT2D eigenvalue weighted by atomic mass is 10.1. The first-order valence-electron chi connectivity index (χ1n) is 5.82. The predicted molar refractivity (Wildman–Crippen MR) is 73.4 cm³/mol. The van der Waals surface area contributed by atoms with E-state index in [0.29, 0.717) is 13.0 Å². The summed E-state index contributed by atoms with van der Waals surface area (Å²) in [4.78, 5) is 23.1. The Balaban J connectivity index is 2.05. The summed E-state index contributed by atoms with van der Waals surface area (Å²) in [5, 5.41) is 15.3. The monoisotopic (exact) mass is 294 g/mol. The van der Waals surface area contributed by atoms with Gasteiger partial charge in [0.2, 0.25) is 0 Å². The number of thiophene rings is 1. The molecule has 20 heavy (non-hydrogen) atoms. The largest absolute Gasteiger partial charge is 0.351 e. The molecule has 0 aliphatic rings. The molecule has 0 fully saturated rings. The van der Waals surface area contributed by atoms with Crippen molar-refractivity contribution in [3.05, 3.63) is 62.1 Å². The van der Waals surface area contributed by atoms with Crippen LogP contribution in [0.15, 0.2) is 35.7 Å². The highest BCUT2D eigenvalue weighted by Crippen LogP contribution is 2.19. The van der Waals surface area contributed by atoms with Crippen molar-refractivity contribution in [3.63, 3.8) is 0 Å². The minimum absolute atomic E-state index is 0.263. The first kappa shape index (κ1) is 14.1. The van der Waals surface area contributed by atoms with E-state index in [1.165, 1.54) is 0 Å². The third-order valence-electron chi connectivity index (χ3n) is 2.64. The molecule has 2 rings (SSSR count). The topological polar surface area (TPSA) is 72.2 Å². The van der Waals surface area contributed by atoms with Crippen LogP contribution < -0.4 is 5.32 Å². The number of nitro benzene ring substituents is 1. The molecule has 1 heterocycles. The molecule has 0 bridgehead atoms. The minimum Gasteiger partial charge on any atom is -0.351 e. The molecule has 7 heteroatoms. The van der Waals surface area contributed by atoms with Crippen molar-refractivity contribution in [1.29, 1.82) is 0 Å². The molecule has 0 atom stereocenters. The highest BCUT2D eigenvalue weighted by molar-refractivity contribution is 7.09. The molecule has 1 amide bonds. The van der Waals surface area contributed by atoms with Gasteiger partial charge in [0.05, 0.1) is 4.92 Å². The maximum absolute atomic E-state index is 13.1. The molecule has 5 nitrogen and oxygen atoms in total. The van der Waals surface area contributed by atoms with Crippen LogP contribution in [0.25, 0.3) is 0 Å². The lowest BCUT2D eigenvalue weighted by Crippen LogP contribution is -2.26. The molecule has 0 saturated carbocycles. The van der Waals surface area contributed by atoms with Gasteiger partial charge in [-0.15, -0.1) is 11.3 Å².